The maximum absolute atomic E-state index is 9.96. The maximum atomic E-state index is 9.96. The van der Waals surface area contributed by atoms with Gasteiger partial charge in [-0.05, 0) is 0 Å². The van der Waals surface area contributed by atoms with E-state index in [2.05, 4.69) is 9.47 Å². The van der Waals surface area contributed by atoms with Crippen LogP contribution in [0.5, 0.6) is 0 Å². The number of ether oxygens (including phenoxy) is 2. The van der Waals surface area contributed by atoms with Crippen LogP contribution in [-0.4, -0.2) is 28.9 Å². The van der Waals surface area contributed by atoms with Crippen LogP contribution in [-0.2, 0) is 9.47 Å². The third kappa shape index (κ3) is 9.52. The molecule has 0 bridgehead atoms. The number of hydrogen-bond acceptors (Lipinski definition) is 3. The maximum Gasteiger partial charge on any atom is 0.591 e. The molecule has 0 radical (unpaired) electrons. The first-order valence-electron chi connectivity index (χ1n) is 2.79. The molecule has 11 heavy (non-hydrogen) atoms. The van der Waals surface area contributed by atoms with E-state index in [-0.39, 0.29) is 13.2 Å². The van der Waals surface area contributed by atoms with Gasteiger partial charge in [0.15, 0.2) is 6.61 Å². The number of halogens is 2. The second kappa shape index (κ2) is 6.24. The van der Waals surface area contributed by atoms with E-state index in [4.69, 9.17) is 28.0 Å². The van der Waals surface area contributed by atoms with E-state index in [0.717, 1.165) is 0 Å². The normalized spacial score (nSPS) is 8.91. The highest BCUT2D eigenvalue weighted by Crippen LogP contribution is 1.91. The first-order chi connectivity index (χ1) is 5.13. The van der Waals surface area contributed by atoms with Crippen molar-refractivity contribution in [3.63, 3.8) is 0 Å². The predicted molar refractivity (Wildman–Crippen MR) is 40.6 cm³/mol. The van der Waals surface area contributed by atoms with Crippen LogP contribution < -0.4 is 0 Å². The van der Waals surface area contributed by atoms with Crippen molar-refractivity contribution in [2.45, 2.75) is 6.42 Å². The van der Waals surface area contributed by atoms with Gasteiger partial charge in [0.2, 0.25) is 0 Å². The highest BCUT2D eigenvalue weighted by Gasteiger charge is 2.05. The number of hydrogen-bond donors (Lipinski definition) is 0. The second-order valence-corrected chi connectivity index (χ2v) is 2.17. The van der Waals surface area contributed by atoms with Crippen LogP contribution in [0.3, 0.4) is 0 Å². The van der Waals surface area contributed by atoms with Gasteiger partial charge in [0.05, 0.1) is 18.2 Å². The molecule has 0 heterocycles. The van der Waals surface area contributed by atoms with Crippen LogP contribution in [0.15, 0.2) is 0 Å². The summed E-state index contributed by atoms with van der Waals surface area (Å²) in [5, 5.41) is 0. The molecule has 0 rings (SSSR count). The van der Waals surface area contributed by atoms with Crippen LogP contribution in [0.1, 0.15) is 6.42 Å². The molecule has 4 nitrogen and oxygen atoms in total. The molecule has 0 saturated carbocycles. The molecular weight excluding hydrogens is 195 g/mol. The summed E-state index contributed by atoms with van der Waals surface area (Å²) in [4.78, 5) is 18.2. The minimum Gasteiger partial charge on any atom is -0.453 e. The fourth-order valence-corrected chi connectivity index (χ4v) is 0.522. The lowest BCUT2D eigenvalue weighted by molar-refractivity contribution is 0.160. The van der Waals surface area contributed by atoms with Gasteiger partial charge in [-0.25, -0.2) is 4.79 Å². The summed E-state index contributed by atoms with van der Waals surface area (Å²) >= 11 is 9.77. The Kier molecular flexibility index (Phi) is 5.97. The molecule has 0 amide bonds. The highest BCUT2D eigenvalue weighted by molar-refractivity contribution is 6.61. The molecule has 0 aromatic carbocycles. The van der Waals surface area contributed by atoms with Gasteiger partial charge < -0.3 is 14.3 Å². The van der Waals surface area contributed by atoms with Crippen molar-refractivity contribution in [3.8, 4) is 0 Å². The quantitative estimate of drug-likeness (QED) is 0.394. The minimum absolute atomic E-state index is 0.145. The van der Waals surface area contributed by atoms with E-state index in [0.29, 0.717) is 6.42 Å². The van der Waals surface area contributed by atoms with Gasteiger partial charge in [-0.15, -0.1) is 0 Å². The number of carbonyl (C=O) groups excluding carboxylic acids is 2. The largest absolute Gasteiger partial charge is 0.591 e. The van der Waals surface area contributed by atoms with Gasteiger partial charge in [-0.1, -0.05) is 0 Å². The van der Waals surface area contributed by atoms with E-state index in [1.54, 1.807) is 0 Å². The van der Waals surface area contributed by atoms with Gasteiger partial charge in [0.25, 0.3) is 0 Å². The van der Waals surface area contributed by atoms with Crippen molar-refractivity contribution in [2.75, 3.05) is 13.2 Å². The van der Waals surface area contributed by atoms with Crippen LogP contribution >= 0.6 is 23.2 Å². The predicted octanol–water partition coefficient (Wildman–Crippen LogP) is 1.47. The lowest BCUT2D eigenvalue weighted by Gasteiger charge is -1.95. The zero-order chi connectivity index (χ0) is 8.69. The first-order valence-corrected chi connectivity index (χ1v) is 3.55. The Morgan fingerprint density at radius 2 is 1.82 bits per heavy atom. The lowest BCUT2D eigenvalue weighted by atomic mass is 10.5. The SMILES string of the molecule is O=C(Cl)OCCCOC(=[OH+])Cl. The summed E-state index contributed by atoms with van der Waals surface area (Å²) in [5.41, 5.74) is -1.48. The zero-order valence-electron chi connectivity index (χ0n) is 5.55. The van der Waals surface area contributed by atoms with Gasteiger partial charge in [0.1, 0.15) is 0 Å². The smallest absolute Gasteiger partial charge is 0.453 e. The average molecular weight is 202 g/mol. The molecule has 64 valence electrons. The zero-order valence-corrected chi connectivity index (χ0v) is 7.06. The summed E-state index contributed by atoms with van der Waals surface area (Å²) in [7, 11) is 0. The molecule has 0 fully saturated rings. The van der Waals surface area contributed by atoms with Crippen LogP contribution in [0.4, 0.5) is 4.79 Å². The molecule has 0 spiro atoms. The van der Waals surface area contributed by atoms with Gasteiger partial charge in [-0.2, -0.15) is 0 Å². The first kappa shape index (κ1) is 10.5. The van der Waals surface area contributed by atoms with Gasteiger partial charge >= 0.3 is 10.9 Å². The van der Waals surface area contributed by atoms with Gasteiger partial charge in [0, 0.05) is 18.0 Å². The highest BCUT2D eigenvalue weighted by atomic mass is 35.5. The number of rotatable bonds is 4. The summed E-state index contributed by atoms with van der Waals surface area (Å²) in [5.74, 6) is 0. The Bertz CT molecular complexity index is 131. The molecule has 1 N–H and O–H groups in total. The van der Waals surface area contributed by atoms with Crippen molar-refractivity contribution in [3.05, 3.63) is 0 Å². The van der Waals surface area contributed by atoms with Crippen molar-refractivity contribution >= 4 is 34.1 Å². The van der Waals surface area contributed by atoms with Gasteiger partial charge in [-0.3, -0.25) is 0 Å². The van der Waals surface area contributed by atoms with Crippen molar-refractivity contribution < 1.29 is 19.1 Å². The standard InChI is InChI=1S/C5H6Cl2O4/c6-4(8)10-2-1-3-11-5(7)9/h1-3H2/p+1. The van der Waals surface area contributed by atoms with Crippen molar-refractivity contribution in [2.24, 2.45) is 0 Å². The number of carbonyl (C=O) groups is 1. The Morgan fingerprint density at radius 3 is 2.27 bits per heavy atom. The average Bonchev–Trinajstić information content (AvgIpc) is 1.85. The van der Waals surface area contributed by atoms with E-state index < -0.39 is 10.9 Å². The lowest BCUT2D eigenvalue weighted by Crippen LogP contribution is -2.03. The van der Waals surface area contributed by atoms with E-state index >= 15 is 0 Å². The molecule has 0 aliphatic heterocycles. The van der Waals surface area contributed by atoms with E-state index in [9.17, 15) is 4.79 Å². The molecule has 0 unspecified atom stereocenters. The summed E-state index contributed by atoms with van der Waals surface area (Å²) in [6.45, 7) is 0.325. The Labute approximate surface area is 73.4 Å². The molecule has 0 aromatic heterocycles. The molecule has 0 aromatic rings. The molecule has 0 aliphatic carbocycles. The van der Waals surface area contributed by atoms with Crippen molar-refractivity contribution in [1.82, 2.24) is 0 Å². The fourth-order valence-electron chi connectivity index (χ4n) is 0.368. The summed E-state index contributed by atoms with van der Waals surface area (Å²) in [6, 6.07) is 0. The minimum atomic E-state index is -0.857. The third-order valence-electron chi connectivity index (χ3n) is 0.725. The molecular formula is C5H7Cl2O4+. The summed E-state index contributed by atoms with van der Waals surface area (Å²) in [6.07, 6.45) is 0.426. The Balaban J connectivity index is 3.03. The van der Waals surface area contributed by atoms with E-state index in [1.165, 1.54) is 0 Å². The van der Waals surface area contributed by atoms with Crippen LogP contribution in [0.2, 0.25) is 0 Å². The second-order valence-electron chi connectivity index (χ2n) is 1.54. The molecule has 0 atom stereocenters. The monoisotopic (exact) mass is 201 g/mol. The molecule has 6 heteroatoms. The Morgan fingerprint density at radius 1 is 1.27 bits per heavy atom. The van der Waals surface area contributed by atoms with Crippen LogP contribution in [0, 0.1) is 0 Å². The van der Waals surface area contributed by atoms with E-state index in [1.807, 2.05) is 0 Å². The summed E-state index contributed by atoms with van der Waals surface area (Å²) < 4.78 is 8.76. The van der Waals surface area contributed by atoms with Crippen molar-refractivity contribution in [1.29, 1.82) is 0 Å². The topological polar surface area (TPSA) is 56.9 Å². The fraction of sp³-hybridized carbons (Fsp3) is 0.600. The Hall–Kier alpha value is -0.480. The van der Waals surface area contributed by atoms with Crippen LogP contribution in [0.25, 0.3) is 0 Å². The third-order valence-corrected chi connectivity index (χ3v) is 0.944. The molecule has 0 saturated heterocycles. The molecule has 0 aliphatic rings.